The van der Waals surface area contributed by atoms with Gasteiger partial charge in [0, 0.05) is 16.5 Å². The lowest BCUT2D eigenvalue weighted by atomic mass is 10.1. The molecular weight excluding hydrogens is 292 g/mol. The van der Waals surface area contributed by atoms with Crippen molar-refractivity contribution in [1.29, 1.82) is 0 Å². The second-order valence-corrected chi connectivity index (χ2v) is 5.28. The standard InChI is InChI=1S/C18H16N2O3/c1-11-7-3-4-8-13(11)17(21)19-20-18(22)16-12(2)14-9-5-6-10-15(14)23-16/h3-10H,1-2H3,(H,19,21)(H,20,22). The summed E-state index contributed by atoms with van der Waals surface area (Å²) in [5.74, 6) is -0.665. The fraction of sp³-hybridized carbons (Fsp3) is 0.111. The van der Waals surface area contributed by atoms with E-state index in [1.807, 2.05) is 44.2 Å². The van der Waals surface area contributed by atoms with E-state index in [0.29, 0.717) is 11.1 Å². The van der Waals surface area contributed by atoms with E-state index < -0.39 is 5.91 Å². The first-order valence-corrected chi connectivity index (χ1v) is 7.22. The molecule has 23 heavy (non-hydrogen) atoms. The van der Waals surface area contributed by atoms with E-state index in [9.17, 15) is 9.59 Å². The molecule has 0 fully saturated rings. The summed E-state index contributed by atoms with van der Waals surface area (Å²) in [6.07, 6.45) is 0. The van der Waals surface area contributed by atoms with Crippen LogP contribution in [0, 0.1) is 13.8 Å². The van der Waals surface area contributed by atoms with Crippen molar-refractivity contribution in [2.45, 2.75) is 13.8 Å². The largest absolute Gasteiger partial charge is 0.451 e. The Labute approximate surface area is 133 Å². The molecule has 0 spiro atoms. The molecule has 0 aliphatic rings. The summed E-state index contributed by atoms with van der Waals surface area (Å²) in [4.78, 5) is 24.3. The molecule has 1 aromatic heterocycles. The average molecular weight is 308 g/mol. The number of benzene rings is 2. The Hall–Kier alpha value is -3.08. The Bertz CT molecular complexity index is 896. The fourth-order valence-electron chi connectivity index (χ4n) is 2.46. The highest BCUT2D eigenvalue weighted by atomic mass is 16.3. The predicted octanol–water partition coefficient (Wildman–Crippen LogP) is 3.12. The fourth-order valence-corrected chi connectivity index (χ4v) is 2.46. The van der Waals surface area contributed by atoms with E-state index in [1.54, 1.807) is 18.2 Å². The lowest BCUT2D eigenvalue weighted by Crippen LogP contribution is -2.41. The van der Waals surface area contributed by atoms with Crippen molar-refractivity contribution in [2.24, 2.45) is 0 Å². The van der Waals surface area contributed by atoms with E-state index in [-0.39, 0.29) is 11.7 Å². The molecule has 1 heterocycles. The highest BCUT2D eigenvalue weighted by molar-refractivity contribution is 6.01. The number of aryl methyl sites for hydroxylation is 2. The van der Waals surface area contributed by atoms with Gasteiger partial charge >= 0.3 is 5.91 Å². The topological polar surface area (TPSA) is 71.3 Å². The summed E-state index contributed by atoms with van der Waals surface area (Å²) < 4.78 is 5.56. The molecule has 5 nitrogen and oxygen atoms in total. The maximum Gasteiger partial charge on any atom is 0.305 e. The molecule has 3 aromatic rings. The van der Waals surface area contributed by atoms with Crippen molar-refractivity contribution in [3.63, 3.8) is 0 Å². The van der Waals surface area contributed by atoms with E-state index >= 15 is 0 Å². The number of para-hydroxylation sites is 1. The summed E-state index contributed by atoms with van der Waals surface area (Å²) in [6, 6.07) is 14.6. The number of hydrogen-bond donors (Lipinski definition) is 2. The van der Waals surface area contributed by atoms with Gasteiger partial charge in [0.05, 0.1) is 0 Å². The number of nitrogens with one attached hydrogen (secondary N) is 2. The van der Waals surface area contributed by atoms with Crippen LogP contribution in [0.1, 0.15) is 32.0 Å². The first kappa shape index (κ1) is 14.8. The van der Waals surface area contributed by atoms with Crippen LogP contribution in [-0.4, -0.2) is 11.8 Å². The molecule has 0 saturated carbocycles. The minimum atomic E-state index is -0.486. The molecular formula is C18H16N2O3. The first-order valence-electron chi connectivity index (χ1n) is 7.22. The van der Waals surface area contributed by atoms with Crippen molar-refractivity contribution in [1.82, 2.24) is 10.9 Å². The molecule has 0 aliphatic heterocycles. The second-order valence-electron chi connectivity index (χ2n) is 5.28. The Morgan fingerprint density at radius 3 is 2.26 bits per heavy atom. The molecule has 5 heteroatoms. The smallest absolute Gasteiger partial charge is 0.305 e. The highest BCUT2D eigenvalue weighted by Gasteiger charge is 2.18. The van der Waals surface area contributed by atoms with Crippen LogP contribution in [0.25, 0.3) is 11.0 Å². The molecule has 3 rings (SSSR count). The number of furan rings is 1. The lowest BCUT2D eigenvalue weighted by Gasteiger charge is -2.08. The Balaban J connectivity index is 1.75. The molecule has 0 aliphatic carbocycles. The monoisotopic (exact) mass is 308 g/mol. The van der Waals surface area contributed by atoms with Crippen LogP contribution in [0.5, 0.6) is 0 Å². The van der Waals surface area contributed by atoms with Crippen LogP contribution in [-0.2, 0) is 0 Å². The van der Waals surface area contributed by atoms with Crippen molar-refractivity contribution >= 4 is 22.8 Å². The minimum absolute atomic E-state index is 0.191. The minimum Gasteiger partial charge on any atom is -0.451 e. The lowest BCUT2D eigenvalue weighted by molar-refractivity contribution is 0.0831. The third-order valence-electron chi connectivity index (χ3n) is 3.73. The molecule has 2 aromatic carbocycles. The van der Waals surface area contributed by atoms with Crippen LogP contribution in [0.3, 0.4) is 0 Å². The van der Waals surface area contributed by atoms with Gasteiger partial charge in [-0.1, -0.05) is 36.4 Å². The first-order chi connectivity index (χ1) is 11.1. The normalized spacial score (nSPS) is 10.5. The molecule has 0 unspecified atom stereocenters. The van der Waals surface area contributed by atoms with Crippen LogP contribution >= 0.6 is 0 Å². The summed E-state index contributed by atoms with van der Waals surface area (Å²) in [6.45, 7) is 3.64. The van der Waals surface area contributed by atoms with Crippen molar-refractivity contribution in [3.8, 4) is 0 Å². The molecule has 0 radical (unpaired) electrons. The molecule has 2 amide bonds. The molecule has 0 saturated heterocycles. The number of hydrogen-bond acceptors (Lipinski definition) is 3. The van der Waals surface area contributed by atoms with Gasteiger partial charge in [0.15, 0.2) is 5.76 Å². The van der Waals surface area contributed by atoms with Crippen LogP contribution in [0.15, 0.2) is 52.9 Å². The van der Waals surface area contributed by atoms with Crippen molar-refractivity contribution in [3.05, 3.63) is 71.0 Å². The van der Waals surface area contributed by atoms with Crippen molar-refractivity contribution < 1.29 is 14.0 Å². The summed E-state index contributed by atoms with van der Waals surface area (Å²) >= 11 is 0. The molecule has 0 atom stereocenters. The maximum atomic E-state index is 12.2. The average Bonchev–Trinajstić information content (AvgIpc) is 2.90. The molecule has 2 N–H and O–H groups in total. The Morgan fingerprint density at radius 1 is 0.870 bits per heavy atom. The van der Waals surface area contributed by atoms with Crippen LogP contribution < -0.4 is 10.9 Å². The van der Waals surface area contributed by atoms with Gasteiger partial charge in [-0.2, -0.15) is 0 Å². The summed E-state index contributed by atoms with van der Waals surface area (Å²) in [5, 5.41) is 0.878. The quantitative estimate of drug-likeness (QED) is 0.715. The zero-order valence-corrected chi connectivity index (χ0v) is 12.8. The summed E-state index contributed by atoms with van der Waals surface area (Å²) in [7, 11) is 0. The third-order valence-corrected chi connectivity index (χ3v) is 3.73. The maximum absolute atomic E-state index is 12.2. The van der Waals surface area contributed by atoms with Gasteiger partial charge < -0.3 is 4.42 Å². The van der Waals surface area contributed by atoms with Gasteiger partial charge in [0.1, 0.15) is 5.58 Å². The number of carbonyl (C=O) groups is 2. The number of carbonyl (C=O) groups excluding carboxylic acids is 2. The van der Waals surface area contributed by atoms with Crippen LogP contribution in [0.4, 0.5) is 0 Å². The van der Waals surface area contributed by atoms with Gasteiger partial charge in [-0.05, 0) is 31.5 Å². The van der Waals surface area contributed by atoms with Gasteiger partial charge in [0.25, 0.3) is 5.91 Å². The van der Waals surface area contributed by atoms with Gasteiger partial charge in [-0.15, -0.1) is 0 Å². The van der Waals surface area contributed by atoms with Gasteiger partial charge in [-0.3, -0.25) is 20.4 Å². The van der Waals surface area contributed by atoms with E-state index in [4.69, 9.17) is 4.42 Å². The van der Waals surface area contributed by atoms with E-state index in [2.05, 4.69) is 10.9 Å². The second kappa shape index (κ2) is 5.96. The summed E-state index contributed by atoms with van der Waals surface area (Å²) in [5.41, 5.74) is 7.52. The van der Waals surface area contributed by atoms with E-state index in [0.717, 1.165) is 16.5 Å². The van der Waals surface area contributed by atoms with Gasteiger partial charge in [-0.25, -0.2) is 0 Å². The van der Waals surface area contributed by atoms with Crippen molar-refractivity contribution in [2.75, 3.05) is 0 Å². The van der Waals surface area contributed by atoms with E-state index in [1.165, 1.54) is 0 Å². The highest BCUT2D eigenvalue weighted by Crippen LogP contribution is 2.24. The van der Waals surface area contributed by atoms with Gasteiger partial charge in [0.2, 0.25) is 0 Å². The Kier molecular flexibility index (Phi) is 3.85. The third kappa shape index (κ3) is 2.81. The predicted molar refractivity (Wildman–Crippen MR) is 87.1 cm³/mol. The Morgan fingerprint density at radius 2 is 1.52 bits per heavy atom. The molecule has 116 valence electrons. The zero-order valence-electron chi connectivity index (χ0n) is 12.8. The van der Waals surface area contributed by atoms with Crippen LogP contribution in [0.2, 0.25) is 0 Å². The molecule has 0 bridgehead atoms. The SMILES string of the molecule is Cc1ccccc1C(=O)NNC(=O)c1oc2ccccc2c1C. The zero-order chi connectivity index (χ0) is 16.4. The number of rotatable bonds is 2. The number of amides is 2. The number of fused-ring (bicyclic) bond motifs is 1. The number of hydrazine groups is 1.